The average Bonchev–Trinajstić information content (AvgIpc) is 2.06. The molecule has 0 fully saturated rings. The number of hydrogen-bond acceptors (Lipinski definition) is 3. The highest BCUT2D eigenvalue weighted by Crippen LogP contribution is 2.12. The van der Waals surface area contributed by atoms with Gasteiger partial charge in [-0.1, -0.05) is 20.8 Å². The van der Waals surface area contributed by atoms with Crippen LogP contribution in [0.15, 0.2) is 0 Å². The van der Waals surface area contributed by atoms with Gasteiger partial charge in [0.1, 0.15) is 6.61 Å². The van der Waals surface area contributed by atoms with Crippen LogP contribution in [0.1, 0.15) is 41.5 Å². The summed E-state index contributed by atoms with van der Waals surface area (Å²) in [4.78, 5) is 11.4. The second kappa shape index (κ2) is 6.97. The molecule has 17 heavy (non-hydrogen) atoms. The molecule has 0 spiro atoms. The van der Waals surface area contributed by atoms with E-state index in [0.29, 0.717) is 19.8 Å². The van der Waals surface area contributed by atoms with Gasteiger partial charge in [0, 0.05) is 5.54 Å². The van der Waals surface area contributed by atoms with Crippen molar-refractivity contribution < 1.29 is 14.3 Å². The molecule has 0 heterocycles. The van der Waals surface area contributed by atoms with Gasteiger partial charge in [0.2, 0.25) is 5.91 Å². The standard InChI is InChI=1S/C13H27NO3/c1-12(2,3)10-17-8-7-16-9-11(15)14-13(4,5)6/h7-10H2,1-6H3,(H,14,15). The molecule has 0 unspecified atom stereocenters. The van der Waals surface area contributed by atoms with E-state index in [4.69, 9.17) is 9.47 Å². The highest BCUT2D eigenvalue weighted by atomic mass is 16.5. The largest absolute Gasteiger partial charge is 0.379 e. The van der Waals surface area contributed by atoms with Gasteiger partial charge in [-0.15, -0.1) is 0 Å². The first kappa shape index (κ1) is 16.4. The summed E-state index contributed by atoms with van der Waals surface area (Å²) in [5.41, 5.74) is -0.0349. The van der Waals surface area contributed by atoms with Crippen LogP contribution in [0, 0.1) is 5.41 Å². The molecule has 0 aromatic rings. The van der Waals surface area contributed by atoms with E-state index >= 15 is 0 Å². The summed E-state index contributed by atoms with van der Waals surface area (Å²) in [6.07, 6.45) is 0. The normalized spacial score (nSPS) is 12.6. The minimum absolute atomic E-state index is 0.0895. The van der Waals surface area contributed by atoms with Crippen molar-refractivity contribution in [2.45, 2.75) is 47.1 Å². The lowest BCUT2D eigenvalue weighted by molar-refractivity contribution is -0.127. The van der Waals surface area contributed by atoms with Crippen molar-refractivity contribution in [1.29, 1.82) is 0 Å². The van der Waals surface area contributed by atoms with E-state index in [9.17, 15) is 4.79 Å². The summed E-state index contributed by atoms with van der Waals surface area (Å²) in [5.74, 6) is -0.0895. The van der Waals surface area contributed by atoms with Crippen LogP contribution in [0.25, 0.3) is 0 Å². The molecule has 4 heteroatoms. The fraction of sp³-hybridized carbons (Fsp3) is 0.923. The zero-order chi connectivity index (χ0) is 13.5. The first-order chi connectivity index (χ1) is 7.60. The molecule has 0 aromatic heterocycles. The molecule has 0 rings (SSSR count). The average molecular weight is 245 g/mol. The maximum Gasteiger partial charge on any atom is 0.246 e. The topological polar surface area (TPSA) is 47.6 Å². The molecule has 0 aromatic carbocycles. The van der Waals surface area contributed by atoms with E-state index in [1.54, 1.807) is 0 Å². The van der Waals surface area contributed by atoms with Gasteiger partial charge < -0.3 is 14.8 Å². The first-order valence-corrected chi connectivity index (χ1v) is 6.07. The number of carbonyl (C=O) groups is 1. The van der Waals surface area contributed by atoms with Crippen LogP contribution in [0.3, 0.4) is 0 Å². The van der Waals surface area contributed by atoms with Crippen LogP contribution >= 0.6 is 0 Å². The van der Waals surface area contributed by atoms with Crippen LogP contribution < -0.4 is 5.32 Å². The predicted octanol–water partition coefficient (Wildman–Crippen LogP) is 1.98. The molecule has 0 aliphatic rings. The zero-order valence-corrected chi connectivity index (χ0v) is 12.1. The van der Waals surface area contributed by atoms with E-state index in [1.807, 2.05) is 20.8 Å². The summed E-state index contributed by atoms with van der Waals surface area (Å²) in [6, 6.07) is 0. The summed E-state index contributed by atoms with van der Waals surface area (Å²) in [5, 5.41) is 2.83. The zero-order valence-electron chi connectivity index (χ0n) is 12.1. The highest BCUT2D eigenvalue weighted by Gasteiger charge is 2.13. The predicted molar refractivity (Wildman–Crippen MR) is 69.0 cm³/mol. The summed E-state index contributed by atoms with van der Waals surface area (Å²) >= 11 is 0. The van der Waals surface area contributed by atoms with Gasteiger partial charge in [-0.2, -0.15) is 0 Å². The van der Waals surface area contributed by atoms with Crippen molar-refractivity contribution in [3.63, 3.8) is 0 Å². The van der Waals surface area contributed by atoms with E-state index in [0.717, 1.165) is 0 Å². The van der Waals surface area contributed by atoms with Crippen molar-refractivity contribution in [3.8, 4) is 0 Å². The van der Waals surface area contributed by atoms with Gasteiger partial charge in [-0.25, -0.2) is 0 Å². The van der Waals surface area contributed by atoms with E-state index < -0.39 is 0 Å². The number of nitrogens with one attached hydrogen (secondary N) is 1. The van der Waals surface area contributed by atoms with Crippen LogP contribution in [0.5, 0.6) is 0 Å². The smallest absolute Gasteiger partial charge is 0.246 e. The molecule has 0 saturated carbocycles. The molecule has 0 aliphatic heterocycles. The molecule has 0 atom stereocenters. The van der Waals surface area contributed by atoms with Gasteiger partial charge in [0.05, 0.1) is 19.8 Å². The molecule has 1 N–H and O–H groups in total. The lowest BCUT2D eigenvalue weighted by atomic mass is 9.99. The van der Waals surface area contributed by atoms with Gasteiger partial charge in [0.25, 0.3) is 0 Å². The van der Waals surface area contributed by atoms with Crippen molar-refractivity contribution in [2.24, 2.45) is 5.41 Å². The third-order valence-corrected chi connectivity index (χ3v) is 1.65. The van der Waals surface area contributed by atoms with Crippen LogP contribution in [0.2, 0.25) is 0 Å². The highest BCUT2D eigenvalue weighted by molar-refractivity contribution is 5.77. The quantitative estimate of drug-likeness (QED) is 0.728. The van der Waals surface area contributed by atoms with Gasteiger partial charge >= 0.3 is 0 Å². The Kier molecular flexibility index (Phi) is 6.72. The van der Waals surface area contributed by atoms with Gasteiger partial charge in [-0.05, 0) is 26.2 Å². The molecular formula is C13H27NO3. The van der Waals surface area contributed by atoms with E-state index in [2.05, 4.69) is 26.1 Å². The Morgan fingerprint density at radius 2 is 1.53 bits per heavy atom. The summed E-state index contributed by atoms with van der Waals surface area (Å²) < 4.78 is 10.6. The lowest BCUT2D eigenvalue weighted by Gasteiger charge is -2.20. The summed E-state index contributed by atoms with van der Waals surface area (Å²) in [6.45, 7) is 13.9. The fourth-order valence-electron chi connectivity index (χ4n) is 1.12. The second-order valence-corrected chi connectivity index (χ2v) is 6.46. The Labute approximate surface area is 105 Å². The third-order valence-electron chi connectivity index (χ3n) is 1.65. The molecule has 0 radical (unpaired) electrons. The third kappa shape index (κ3) is 13.3. The summed E-state index contributed by atoms with van der Waals surface area (Å²) in [7, 11) is 0. The molecule has 0 bridgehead atoms. The van der Waals surface area contributed by atoms with Crippen LogP contribution in [-0.4, -0.2) is 37.9 Å². The Balaban J connectivity index is 3.44. The number of amides is 1. The molecule has 1 amide bonds. The Morgan fingerprint density at radius 1 is 1.00 bits per heavy atom. The van der Waals surface area contributed by atoms with Gasteiger partial charge in [0.15, 0.2) is 0 Å². The molecule has 0 aliphatic carbocycles. The minimum atomic E-state index is -0.205. The second-order valence-electron chi connectivity index (χ2n) is 6.46. The maximum absolute atomic E-state index is 11.4. The number of carbonyl (C=O) groups excluding carboxylic acids is 1. The monoisotopic (exact) mass is 245 g/mol. The Morgan fingerprint density at radius 3 is 2.00 bits per heavy atom. The maximum atomic E-state index is 11.4. The first-order valence-electron chi connectivity index (χ1n) is 6.07. The fourth-order valence-corrected chi connectivity index (χ4v) is 1.12. The van der Waals surface area contributed by atoms with E-state index in [-0.39, 0.29) is 23.5 Å². The minimum Gasteiger partial charge on any atom is -0.379 e. The van der Waals surface area contributed by atoms with Crippen molar-refractivity contribution >= 4 is 5.91 Å². The molecule has 4 nitrogen and oxygen atoms in total. The SMILES string of the molecule is CC(C)(C)COCCOCC(=O)NC(C)(C)C. The Bertz CT molecular complexity index is 226. The number of hydrogen-bond donors (Lipinski definition) is 1. The van der Waals surface area contributed by atoms with Crippen molar-refractivity contribution in [1.82, 2.24) is 5.32 Å². The number of rotatable bonds is 6. The molecule has 102 valence electrons. The number of ether oxygens (including phenoxy) is 2. The Hall–Kier alpha value is -0.610. The molecular weight excluding hydrogens is 218 g/mol. The van der Waals surface area contributed by atoms with Crippen LogP contribution in [-0.2, 0) is 14.3 Å². The van der Waals surface area contributed by atoms with Crippen molar-refractivity contribution in [3.05, 3.63) is 0 Å². The van der Waals surface area contributed by atoms with Gasteiger partial charge in [-0.3, -0.25) is 4.79 Å². The lowest BCUT2D eigenvalue weighted by Crippen LogP contribution is -2.42. The molecule has 0 saturated heterocycles. The van der Waals surface area contributed by atoms with E-state index in [1.165, 1.54) is 0 Å². The van der Waals surface area contributed by atoms with Crippen molar-refractivity contribution in [2.75, 3.05) is 26.4 Å². The van der Waals surface area contributed by atoms with Crippen LogP contribution in [0.4, 0.5) is 0 Å².